The predicted molar refractivity (Wildman–Crippen MR) is 61.7 cm³/mol. The van der Waals surface area contributed by atoms with Crippen molar-refractivity contribution in [3.05, 3.63) is 42.2 Å². The fourth-order valence-electron chi connectivity index (χ4n) is 1.33. The van der Waals surface area contributed by atoms with E-state index in [-0.39, 0.29) is 0 Å². The summed E-state index contributed by atoms with van der Waals surface area (Å²) in [7, 11) is 1.96. The van der Waals surface area contributed by atoms with E-state index in [0.29, 0.717) is 5.25 Å². The first-order valence-corrected chi connectivity index (χ1v) is 5.71. The lowest BCUT2D eigenvalue weighted by Crippen LogP contribution is -1.93. The molecule has 0 amide bonds. The second kappa shape index (κ2) is 4.49. The van der Waals surface area contributed by atoms with Gasteiger partial charge in [0.25, 0.3) is 0 Å². The Morgan fingerprint density at radius 3 is 2.60 bits per heavy atom. The quantitative estimate of drug-likeness (QED) is 0.744. The molecule has 0 aliphatic rings. The number of aryl methyl sites for hydroxylation is 1. The summed E-state index contributed by atoms with van der Waals surface area (Å²) in [5.41, 5.74) is 1.31. The summed E-state index contributed by atoms with van der Waals surface area (Å²) in [6.07, 6.45) is 1.72. The van der Waals surface area contributed by atoms with E-state index in [9.17, 15) is 0 Å². The van der Waals surface area contributed by atoms with Gasteiger partial charge < -0.3 is 4.57 Å². The van der Waals surface area contributed by atoms with E-state index in [2.05, 4.69) is 41.4 Å². The van der Waals surface area contributed by atoms with Crippen molar-refractivity contribution in [2.45, 2.75) is 17.3 Å². The monoisotopic (exact) mass is 219 g/mol. The Hall–Kier alpha value is -1.29. The van der Waals surface area contributed by atoms with Crippen molar-refractivity contribution < 1.29 is 0 Å². The van der Waals surface area contributed by atoms with E-state index in [1.165, 1.54) is 5.56 Å². The summed E-state index contributed by atoms with van der Waals surface area (Å²) in [4.78, 5) is 0. The molecule has 2 aromatic rings. The van der Waals surface area contributed by atoms with Gasteiger partial charge in [-0.15, -0.1) is 10.2 Å². The van der Waals surface area contributed by atoms with Crippen molar-refractivity contribution in [3.63, 3.8) is 0 Å². The Kier molecular flexibility index (Phi) is 3.06. The maximum Gasteiger partial charge on any atom is 0.191 e. The average Bonchev–Trinajstić information content (AvgIpc) is 2.66. The van der Waals surface area contributed by atoms with Gasteiger partial charge in [-0.2, -0.15) is 0 Å². The van der Waals surface area contributed by atoms with Crippen LogP contribution in [0.5, 0.6) is 0 Å². The van der Waals surface area contributed by atoms with Crippen LogP contribution in [0.25, 0.3) is 0 Å². The second-order valence-electron chi connectivity index (χ2n) is 3.40. The summed E-state index contributed by atoms with van der Waals surface area (Å²) < 4.78 is 1.93. The molecule has 0 aliphatic heterocycles. The highest BCUT2D eigenvalue weighted by atomic mass is 32.2. The van der Waals surface area contributed by atoms with Crippen LogP contribution in [0.1, 0.15) is 17.7 Å². The highest BCUT2D eigenvalue weighted by molar-refractivity contribution is 7.99. The van der Waals surface area contributed by atoms with E-state index in [4.69, 9.17) is 0 Å². The van der Waals surface area contributed by atoms with Gasteiger partial charge in [-0.05, 0) is 12.5 Å². The molecule has 1 atom stereocenters. The maximum absolute atomic E-state index is 4.06. The van der Waals surface area contributed by atoms with Crippen LogP contribution >= 0.6 is 11.8 Å². The largest absolute Gasteiger partial charge is 0.312 e. The molecule has 3 nitrogen and oxygen atoms in total. The molecule has 0 saturated heterocycles. The van der Waals surface area contributed by atoms with Crippen molar-refractivity contribution in [3.8, 4) is 0 Å². The van der Waals surface area contributed by atoms with E-state index >= 15 is 0 Å². The van der Waals surface area contributed by atoms with E-state index in [1.54, 1.807) is 18.1 Å². The molecular weight excluding hydrogens is 206 g/mol. The summed E-state index contributed by atoms with van der Waals surface area (Å²) in [6.45, 7) is 2.18. The lowest BCUT2D eigenvalue weighted by atomic mass is 10.2. The van der Waals surface area contributed by atoms with Gasteiger partial charge in [-0.3, -0.25) is 0 Å². The Morgan fingerprint density at radius 2 is 2.00 bits per heavy atom. The second-order valence-corrected chi connectivity index (χ2v) is 4.70. The van der Waals surface area contributed by atoms with Crippen molar-refractivity contribution >= 4 is 11.8 Å². The van der Waals surface area contributed by atoms with Gasteiger partial charge >= 0.3 is 0 Å². The molecule has 0 unspecified atom stereocenters. The Labute approximate surface area is 93.5 Å². The zero-order chi connectivity index (χ0) is 10.7. The van der Waals surface area contributed by atoms with Gasteiger partial charge in [0.05, 0.1) is 0 Å². The van der Waals surface area contributed by atoms with Crippen molar-refractivity contribution in [2.75, 3.05) is 0 Å². The first-order valence-electron chi connectivity index (χ1n) is 4.83. The number of hydrogen-bond donors (Lipinski definition) is 0. The lowest BCUT2D eigenvalue weighted by molar-refractivity contribution is 0.785. The molecule has 0 radical (unpaired) electrons. The fraction of sp³-hybridized carbons (Fsp3) is 0.273. The van der Waals surface area contributed by atoms with Crippen LogP contribution in [0, 0.1) is 0 Å². The Morgan fingerprint density at radius 1 is 1.27 bits per heavy atom. The van der Waals surface area contributed by atoms with E-state index < -0.39 is 0 Å². The van der Waals surface area contributed by atoms with Crippen molar-refractivity contribution in [1.82, 2.24) is 14.8 Å². The van der Waals surface area contributed by atoms with Crippen molar-refractivity contribution in [2.24, 2.45) is 7.05 Å². The number of aromatic nitrogens is 3. The number of hydrogen-bond acceptors (Lipinski definition) is 3. The van der Waals surface area contributed by atoms with Crippen LogP contribution in [-0.2, 0) is 7.05 Å². The van der Waals surface area contributed by atoms with Crippen LogP contribution in [0.2, 0.25) is 0 Å². The van der Waals surface area contributed by atoms with Crippen LogP contribution < -0.4 is 0 Å². The lowest BCUT2D eigenvalue weighted by Gasteiger charge is -2.09. The standard InChI is InChI=1S/C11H13N3S/c1-9(10-6-4-3-5-7-10)15-11-13-12-8-14(11)2/h3-9H,1-2H3/t9-/m0/s1. The maximum atomic E-state index is 4.06. The minimum absolute atomic E-state index is 0.397. The smallest absolute Gasteiger partial charge is 0.191 e. The number of rotatable bonds is 3. The predicted octanol–water partition coefficient (Wildman–Crippen LogP) is 2.67. The van der Waals surface area contributed by atoms with Crippen LogP contribution in [0.3, 0.4) is 0 Å². The normalized spacial score (nSPS) is 12.7. The molecule has 0 spiro atoms. The van der Waals surface area contributed by atoms with Crippen LogP contribution in [-0.4, -0.2) is 14.8 Å². The van der Waals surface area contributed by atoms with Crippen molar-refractivity contribution in [1.29, 1.82) is 0 Å². The third kappa shape index (κ3) is 2.39. The summed E-state index contributed by atoms with van der Waals surface area (Å²) in [5.74, 6) is 0. The Bertz CT molecular complexity index is 424. The molecule has 0 aliphatic carbocycles. The Balaban J connectivity index is 2.11. The van der Waals surface area contributed by atoms with Gasteiger partial charge in [0.2, 0.25) is 0 Å². The minimum Gasteiger partial charge on any atom is -0.312 e. The molecule has 0 N–H and O–H groups in total. The van der Waals surface area contributed by atoms with Crippen LogP contribution in [0.15, 0.2) is 41.8 Å². The third-order valence-electron chi connectivity index (χ3n) is 2.22. The fourth-order valence-corrected chi connectivity index (χ4v) is 2.25. The summed E-state index contributed by atoms with van der Waals surface area (Å²) in [5, 5.41) is 9.27. The highest BCUT2D eigenvalue weighted by Gasteiger charge is 2.10. The van der Waals surface area contributed by atoms with Gasteiger partial charge in [0, 0.05) is 12.3 Å². The highest BCUT2D eigenvalue weighted by Crippen LogP contribution is 2.32. The van der Waals surface area contributed by atoms with E-state index in [1.807, 2.05) is 17.7 Å². The molecule has 2 rings (SSSR count). The molecule has 0 fully saturated rings. The van der Waals surface area contributed by atoms with Gasteiger partial charge in [0.15, 0.2) is 5.16 Å². The molecule has 0 saturated carbocycles. The molecule has 1 aromatic carbocycles. The van der Waals surface area contributed by atoms with Gasteiger partial charge in [0.1, 0.15) is 6.33 Å². The molecule has 78 valence electrons. The topological polar surface area (TPSA) is 30.7 Å². The first-order chi connectivity index (χ1) is 7.27. The molecule has 1 aromatic heterocycles. The van der Waals surface area contributed by atoms with E-state index in [0.717, 1.165) is 5.16 Å². The number of thioether (sulfide) groups is 1. The van der Waals surface area contributed by atoms with Crippen LogP contribution in [0.4, 0.5) is 0 Å². The number of nitrogens with zero attached hydrogens (tertiary/aromatic N) is 3. The molecule has 15 heavy (non-hydrogen) atoms. The molecule has 4 heteroatoms. The third-order valence-corrected chi connectivity index (χ3v) is 3.43. The molecule has 0 bridgehead atoms. The number of benzene rings is 1. The minimum atomic E-state index is 0.397. The zero-order valence-electron chi connectivity index (χ0n) is 8.79. The summed E-state index contributed by atoms with van der Waals surface area (Å²) >= 11 is 1.72. The van der Waals surface area contributed by atoms with Gasteiger partial charge in [-0.25, -0.2) is 0 Å². The summed E-state index contributed by atoms with van der Waals surface area (Å²) in [6, 6.07) is 10.4. The molecular formula is C11H13N3S. The first kappa shape index (κ1) is 10.2. The molecule has 1 heterocycles. The van der Waals surface area contributed by atoms with Gasteiger partial charge in [-0.1, -0.05) is 42.1 Å². The zero-order valence-corrected chi connectivity index (χ0v) is 9.61. The SMILES string of the molecule is C[C@H](Sc1nncn1C)c1ccccc1. The average molecular weight is 219 g/mol.